The number of carboxylic acids is 1. The number of hydrogen-bond acceptors (Lipinski definition) is 2. The van der Waals surface area contributed by atoms with E-state index in [2.05, 4.69) is 10.6 Å². The number of carboxylic acid groups (broad SMARTS) is 1. The number of rotatable bonds is 5. The van der Waals surface area contributed by atoms with Crippen LogP contribution in [0.2, 0.25) is 0 Å². The van der Waals surface area contributed by atoms with Crippen molar-refractivity contribution >= 4 is 12.0 Å². The van der Waals surface area contributed by atoms with Crippen LogP contribution in [0.3, 0.4) is 0 Å². The summed E-state index contributed by atoms with van der Waals surface area (Å²) in [6.07, 6.45) is 2.51. The molecule has 0 aliphatic heterocycles. The number of carbonyl (C=O) groups is 2. The zero-order valence-corrected chi connectivity index (χ0v) is 12.3. The summed E-state index contributed by atoms with van der Waals surface area (Å²) in [6.45, 7) is 2.92. The van der Waals surface area contributed by atoms with Crippen LogP contribution in [0.5, 0.6) is 0 Å². The first-order chi connectivity index (χ1) is 10.1. The second kappa shape index (κ2) is 7.11. The van der Waals surface area contributed by atoms with Crippen LogP contribution in [-0.4, -0.2) is 23.7 Å². The average molecular weight is 290 g/mol. The normalized spacial score (nSPS) is 21.0. The van der Waals surface area contributed by atoms with Crippen molar-refractivity contribution in [3.8, 4) is 0 Å². The fraction of sp³-hybridized carbons (Fsp3) is 0.500. The SMILES string of the molecule is Cc1ccc(CNC(=O)NCC2CCCC2C(=O)O)cc1. The van der Waals surface area contributed by atoms with Gasteiger partial charge in [-0.25, -0.2) is 4.79 Å². The van der Waals surface area contributed by atoms with Crippen molar-refractivity contribution in [2.45, 2.75) is 32.7 Å². The van der Waals surface area contributed by atoms with Gasteiger partial charge in [0.1, 0.15) is 0 Å². The molecule has 3 N–H and O–H groups in total. The minimum absolute atomic E-state index is 0.0487. The highest BCUT2D eigenvalue weighted by Crippen LogP contribution is 2.31. The fourth-order valence-electron chi connectivity index (χ4n) is 2.78. The van der Waals surface area contributed by atoms with Gasteiger partial charge in [-0.3, -0.25) is 4.79 Å². The number of benzene rings is 1. The maximum atomic E-state index is 11.7. The molecule has 2 atom stereocenters. The van der Waals surface area contributed by atoms with E-state index in [9.17, 15) is 9.59 Å². The predicted octanol–water partition coefficient (Wildman–Crippen LogP) is 2.30. The van der Waals surface area contributed by atoms with E-state index in [-0.39, 0.29) is 17.9 Å². The molecule has 5 nitrogen and oxygen atoms in total. The van der Waals surface area contributed by atoms with E-state index in [1.807, 2.05) is 31.2 Å². The van der Waals surface area contributed by atoms with Crippen LogP contribution in [0.1, 0.15) is 30.4 Å². The average Bonchev–Trinajstić information content (AvgIpc) is 2.93. The summed E-state index contributed by atoms with van der Waals surface area (Å²) < 4.78 is 0. The van der Waals surface area contributed by atoms with E-state index in [0.29, 0.717) is 19.5 Å². The van der Waals surface area contributed by atoms with E-state index in [1.165, 1.54) is 5.56 Å². The molecule has 1 aromatic rings. The maximum absolute atomic E-state index is 11.7. The van der Waals surface area contributed by atoms with Crippen LogP contribution in [0.4, 0.5) is 4.79 Å². The van der Waals surface area contributed by atoms with E-state index in [4.69, 9.17) is 5.11 Å². The minimum Gasteiger partial charge on any atom is -0.481 e. The van der Waals surface area contributed by atoms with Crippen molar-refractivity contribution in [1.82, 2.24) is 10.6 Å². The summed E-state index contributed by atoms with van der Waals surface area (Å²) in [6, 6.07) is 7.72. The van der Waals surface area contributed by atoms with Crippen molar-refractivity contribution in [3.63, 3.8) is 0 Å². The lowest BCUT2D eigenvalue weighted by Crippen LogP contribution is -2.39. The molecular weight excluding hydrogens is 268 g/mol. The van der Waals surface area contributed by atoms with E-state index >= 15 is 0 Å². The third-order valence-electron chi connectivity index (χ3n) is 4.07. The second-order valence-electron chi connectivity index (χ2n) is 5.68. The Kier molecular flexibility index (Phi) is 5.20. The molecule has 2 rings (SSSR count). The highest BCUT2D eigenvalue weighted by Gasteiger charge is 2.32. The van der Waals surface area contributed by atoms with Crippen molar-refractivity contribution < 1.29 is 14.7 Å². The Hall–Kier alpha value is -2.04. The Morgan fingerprint density at radius 2 is 1.90 bits per heavy atom. The number of amides is 2. The maximum Gasteiger partial charge on any atom is 0.315 e. The first kappa shape index (κ1) is 15.4. The van der Waals surface area contributed by atoms with Crippen LogP contribution < -0.4 is 10.6 Å². The van der Waals surface area contributed by atoms with E-state index < -0.39 is 5.97 Å². The minimum atomic E-state index is -0.751. The highest BCUT2D eigenvalue weighted by molar-refractivity contribution is 5.74. The van der Waals surface area contributed by atoms with Crippen LogP contribution in [0.15, 0.2) is 24.3 Å². The first-order valence-electron chi connectivity index (χ1n) is 7.36. The first-order valence-corrected chi connectivity index (χ1v) is 7.36. The lowest BCUT2D eigenvalue weighted by molar-refractivity contribution is -0.142. The van der Waals surface area contributed by atoms with Crippen LogP contribution in [-0.2, 0) is 11.3 Å². The molecule has 1 aliphatic rings. The van der Waals surface area contributed by atoms with Gasteiger partial charge in [0.2, 0.25) is 0 Å². The number of urea groups is 1. The van der Waals surface area contributed by atoms with Crippen LogP contribution in [0.25, 0.3) is 0 Å². The largest absolute Gasteiger partial charge is 0.481 e. The molecule has 0 radical (unpaired) electrons. The van der Waals surface area contributed by atoms with Crippen molar-refractivity contribution in [3.05, 3.63) is 35.4 Å². The molecule has 0 spiro atoms. The van der Waals surface area contributed by atoms with Gasteiger partial charge in [-0.15, -0.1) is 0 Å². The van der Waals surface area contributed by atoms with Gasteiger partial charge in [-0.1, -0.05) is 36.2 Å². The Bertz CT molecular complexity index is 499. The molecule has 0 saturated heterocycles. The quantitative estimate of drug-likeness (QED) is 0.778. The van der Waals surface area contributed by atoms with Gasteiger partial charge in [0.15, 0.2) is 0 Å². The van der Waals surface area contributed by atoms with Gasteiger partial charge in [0, 0.05) is 13.1 Å². The summed E-state index contributed by atoms with van der Waals surface area (Å²) >= 11 is 0. The topological polar surface area (TPSA) is 78.4 Å². The van der Waals surface area contributed by atoms with Crippen molar-refractivity contribution in [2.75, 3.05) is 6.54 Å². The van der Waals surface area contributed by atoms with E-state index in [1.54, 1.807) is 0 Å². The van der Waals surface area contributed by atoms with Gasteiger partial charge in [-0.05, 0) is 31.2 Å². The summed E-state index contributed by atoms with van der Waals surface area (Å²) in [5.74, 6) is -1.02. The summed E-state index contributed by atoms with van der Waals surface area (Å²) in [4.78, 5) is 22.8. The summed E-state index contributed by atoms with van der Waals surface area (Å²) in [5, 5.41) is 14.7. The van der Waals surface area contributed by atoms with Gasteiger partial charge >= 0.3 is 12.0 Å². The molecule has 1 saturated carbocycles. The zero-order chi connectivity index (χ0) is 15.2. The van der Waals surface area contributed by atoms with Crippen molar-refractivity contribution in [1.29, 1.82) is 0 Å². The molecule has 1 aromatic carbocycles. The third kappa shape index (κ3) is 4.48. The molecule has 21 heavy (non-hydrogen) atoms. The molecular formula is C16H22N2O3. The molecule has 1 fully saturated rings. The van der Waals surface area contributed by atoms with Gasteiger partial charge in [-0.2, -0.15) is 0 Å². The number of aliphatic carboxylic acids is 1. The molecule has 0 heterocycles. The fourth-order valence-corrected chi connectivity index (χ4v) is 2.78. The van der Waals surface area contributed by atoms with Gasteiger partial charge in [0.25, 0.3) is 0 Å². The van der Waals surface area contributed by atoms with Crippen molar-refractivity contribution in [2.24, 2.45) is 11.8 Å². The monoisotopic (exact) mass is 290 g/mol. The Labute approximate surface area is 124 Å². The molecule has 114 valence electrons. The molecule has 2 amide bonds. The second-order valence-corrected chi connectivity index (χ2v) is 5.68. The van der Waals surface area contributed by atoms with Crippen LogP contribution >= 0.6 is 0 Å². The Morgan fingerprint density at radius 3 is 2.57 bits per heavy atom. The number of aryl methyl sites for hydroxylation is 1. The summed E-state index contributed by atoms with van der Waals surface area (Å²) in [7, 11) is 0. The Balaban J connectivity index is 1.72. The standard InChI is InChI=1S/C16H22N2O3/c1-11-5-7-12(8-6-11)9-17-16(21)18-10-13-3-2-4-14(13)15(19)20/h5-8,13-14H,2-4,9-10H2,1H3,(H,19,20)(H2,17,18,21). The van der Waals surface area contributed by atoms with Gasteiger partial charge in [0.05, 0.1) is 5.92 Å². The molecule has 1 aliphatic carbocycles. The number of nitrogens with one attached hydrogen (secondary N) is 2. The van der Waals surface area contributed by atoms with Crippen LogP contribution in [0, 0.1) is 18.8 Å². The number of carbonyl (C=O) groups excluding carboxylic acids is 1. The molecule has 0 bridgehead atoms. The smallest absolute Gasteiger partial charge is 0.315 e. The van der Waals surface area contributed by atoms with E-state index in [0.717, 1.165) is 18.4 Å². The molecule has 5 heteroatoms. The zero-order valence-electron chi connectivity index (χ0n) is 12.3. The molecule has 0 aromatic heterocycles. The lowest BCUT2D eigenvalue weighted by atomic mass is 9.96. The summed E-state index contributed by atoms with van der Waals surface area (Å²) in [5.41, 5.74) is 2.23. The molecule has 2 unspecified atom stereocenters. The number of hydrogen-bond donors (Lipinski definition) is 3. The highest BCUT2D eigenvalue weighted by atomic mass is 16.4. The Morgan fingerprint density at radius 1 is 1.19 bits per heavy atom. The predicted molar refractivity (Wildman–Crippen MR) is 79.9 cm³/mol. The lowest BCUT2D eigenvalue weighted by Gasteiger charge is -2.16. The third-order valence-corrected chi connectivity index (χ3v) is 4.07. The van der Waals surface area contributed by atoms with Gasteiger partial charge < -0.3 is 15.7 Å².